The van der Waals surface area contributed by atoms with Gasteiger partial charge in [0.2, 0.25) is 10.0 Å². The number of halogens is 1. The highest BCUT2D eigenvalue weighted by Crippen LogP contribution is 2.29. The largest absolute Gasteiger partial charge is 0.452 e. The molecule has 11 heteroatoms. The Morgan fingerprint density at radius 2 is 2.03 bits per heavy atom. The van der Waals surface area contributed by atoms with E-state index in [2.05, 4.69) is 5.32 Å². The van der Waals surface area contributed by atoms with Gasteiger partial charge in [-0.05, 0) is 43.4 Å². The van der Waals surface area contributed by atoms with Gasteiger partial charge in [-0.1, -0.05) is 25.4 Å². The molecule has 1 heterocycles. The number of amides is 3. The van der Waals surface area contributed by atoms with Gasteiger partial charge in [0.05, 0.1) is 10.6 Å². The van der Waals surface area contributed by atoms with Gasteiger partial charge in [-0.25, -0.2) is 18.0 Å². The number of rotatable bonds is 7. The molecule has 3 amide bonds. The van der Waals surface area contributed by atoms with Gasteiger partial charge in [-0.3, -0.25) is 10.1 Å². The number of piperidine rings is 1. The number of nitrogens with one attached hydrogen (secondary N) is 2. The van der Waals surface area contributed by atoms with Crippen molar-refractivity contribution in [3.63, 3.8) is 0 Å². The van der Waals surface area contributed by atoms with E-state index in [4.69, 9.17) is 16.3 Å². The maximum atomic E-state index is 13.0. The van der Waals surface area contributed by atoms with E-state index in [0.717, 1.165) is 18.9 Å². The maximum absolute atomic E-state index is 13.0. The third-order valence-corrected chi connectivity index (χ3v) is 6.87. The highest BCUT2D eigenvalue weighted by atomic mass is 35.5. The van der Waals surface area contributed by atoms with Gasteiger partial charge in [0.25, 0.3) is 5.91 Å². The fourth-order valence-corrected chi connectivity index (χ4v) is 5.09. The Hall–Kier alpha value is -2.17. The number of hydrogen-bond donors (Lipinski definition) is 2. The van der Waals surface area contributed by atoms with Crippen molar-refractivity contribution < 1.29 is 27.5 Å². The number of carbonyl (C=O) groups excluding carboxylic acids is 3. The number of ether oxygens (including phenoxy) is 1. The van der Waals surface area contributed by atoms with Gasteiger partial charge in [-0.15, -0.1) is 0 Å². The van der Waals surface area contributed by atoms with E-state index in [1.54, 1.807) is 0 Å². The number of hydrogen-bond acceptors (Lipinski definition) is 6. The zero-order valence-electron chi connectivity index (χ0n) is 16.9. The minimum atomic E-state index is -3.88. The minimum absolute atomic E-state index is 0.00452. The lowest BCUT2D eigenvalue weighted by molar-refractivity contribution is -0.123. The Bertz CT molecular complexity index is 906. The quantitative estimate of drug-likeness (QED) is 0.602. The number of sulfonamides is 1. The second kappa shape index (κ2) is 10.7. The molecule has 1 aromatic carbocycles. The zero-order valence-corrected chi connectivity index (χ0v) is 18.5. The van der Waals surface area contributed by atoms with E-state index < -0.39 is 34.5 Å². The number of nitrogens with zero attached hydrogens (tertiary/aromatic N) is 1. The summed E-state index contributed by atoms with van der Waals surface area (Å²) in [6.45, 7) is 4.32. The van der Waals surface area contributed by atoms with E-state index in [1.165, 1.54) is 16.4 Å². The standard InChI is InChI=1S/C19H26ClN3O6S/c1-3-8-21-19(26)22-17(24)12-29-18(25)14-6-7-15(20)16(10-14)30(27,28)23-9-4-5-13(2)11-23/h6-7,10,13H,3-5,8-9,11-12H2,1-2H3,(H2,21,22,24,26). The molecule has 1 fully saturated rings. The van der Waals surface area contributed by atoms with E-state index in [-0.39, 0.29) is 21.4 Å². The molecule has 0 aliphatic carbocycles. The molecule has 0 spiro atoms. The van der Waals surface area contributed by atoms with Crippen LogP contribution >= 0.6 is 11.6 Å². The van der Waals surface area contributed by atoms with Crippen LogP contribution in [0.2, 0.25) is 5.02 Å². The van der Waals surface area contributed by atoms with E-state index in [9.17, 15) is 22.8 Å². The molecule has 9 nitrogen and oxygen atoms in total. The van der Waals surface area contributed by atoms with Crippen LogP contribution in [0.15, 0.2) is 23.1 Å². The average molecular weight is 460 g/mol. The molecule has 1 aromatic rings. The normalized spacial score (nSPS) is 17.2. The molecule has 2 N–H and O–H groups in total. The van der Waals surface area contributed by atoms with Crippen LogP contribution in [0.5, 0.6) is 0 Å². The highest BCUT2D eigenvalue weighted by molar-refractivity contribution is 7.89. The van der Waals surface area contributed by atoms with Crippen molar-refractivity contribution in [1.29, 1.82) is 0 Å². The number of urea groups is 1. The van der Waals surface area contributed by atoms with E-state index in [0.29, 0.717) is 26.1 Å². The molecule has 2 rings (SSSR count). The summed E-state index contributed by atoms with van der Waals surface area (Å²) in [5.74, 6) is -1.48. The summed E-state index contributed by atoms with van der Waals surface area (Å²) in [6.07, 6.45) is 2.40. The van der Waals surface area contributed by atoms with Gasteiger partial charge in [-0.2, -0.15) is 4.31 Å². The molecular weight excluding hydrogens is 434 g/mol. The van der Waals surface area contributed by atoms with Crippen LogP contribution in [0.4, 0.5) is 4.79 Å². The summed E-state index contributed by atoms with van der Waals surface area (Å²) < 4.78 is 32.2. The topological polar surface area (TPSA) is 122 Å². The van der Waals surface area contributed by atoms with Crippen molar-refractivity contribution in [2.45, 2.75) is 38.0 Å². The molecule has 1 aliphatic rings. The lowest BCUT2D eigenvalue weighted by atomic mass is 10.0. The summed E-state index contributed by atoms with van der Waals surface area (Å²) >= 11 is 6.10. The van der Waals surface area contributed by atoms with Gasteiger partial charge in [0.15, 0.2) is 6.61 Å². The zero-order chi connectivity index (χ0) is 22.3. The number of esters is 1. The smallest absolute Gasteiger partial charge is 0.338 e. The molecule has 30 heavy (non-hydrogen) atoms. The van der Waals surface area contributed by atoms with Gasteiger partial charge in [0, 0.05) is 19.6 Å². The van der Waals surface area contributed by atoms with Crippen LogP contribution in [0.3, 0.4) is 0 Å². The fraction of sp³-hybridized carbons (Fsp3) is 0.526. The molecular formula is C19H26ClN3O6S. The first kappa shape index (κ1) is 24.1. The van der Waals surface area contributed by atoms with Crippen LogP contribution in [0.25, 0.3) is 0 Å². The summed E-state index contributed by atoms with van der Waals surface area (Å²) in [7, 11) is -3.88. The summed E-state index contributed by atoms with van der Waals surface area (Å²) in [5, 5.41) is 4.47. The van der Waals surface area contributed by atoms with Crippen molar-refractivity contribution in [2.24, 2.45) is 5.92 Å². The Morgan fingerprint density at radius 3 is 2.70 bits per heavy atom. The molecule has 0 bridgehead atoms. The first-order valence-corrected chi connectivity index (χ1v) is 11.5. The molecule has 1 unspecified atom stereocenters. The second-order valence-electron chi connectivity index (χ2n) is 7.14. The first-order chi connectivity index (χ1) is 14.1. The van der Waals surface area contributed by atoms with Crippen LogP contribution in [-0.4, -0.2) is 56.9 Å². The number of imide groups is 1. The number of benzene rings is 1. The second-order valence-corrected chi connectivity index (χ2v) is 9.45. The Labute approximate surface area is 181 Å². The van der Waals surface area contributed by atoms with Crippen LogP contribution in [-0.2, 0) is 19.6 Å². The molecule has 166 valence electrons. The average Bonchev–Trinajstić information content (AvgIpc) is 2.70. The van der Waals surface area contributed by atoms with E-state index in [1.807, 2.05) is 19.2 Å². The fourth-order valence-electron chi connectivity index (χ4n) is 2.99. The van der Waals surface area contributed by atoms with Crippen molar-refractivity contribution >= 4 is 39.5 Å². The molecule has 0 saturated carbocycles. The van der Waals surface area contributed by atoms with Crippen molar-refractivity contribution in [3.8, 4) is 0 Å². The maximum Gasteiger partial charge on any atom is 0.338 e. The number of carbonyl (C=O) groups is 3. The monoisotopic (exact) mass is 459 g/mol. The van der Waals surface area contributed by atoms with Crippen LogP contribution in [0, 0.1) is 5.92 Å². The Balaban J connectivity index is 2.06. The molecule has 1 saturated heterocycles. The molecule has 0 radical (unpaired) electrons. The first-order valence-electron chi connectivity index (χ1n) is 9.69. The Morgan fingerprint density at radius 1 is 1.30 bits per heavy atom. The van der Waals surface area contributed by atoms with Crippen LogP contribution < -0.4 is 10.6 Å². The van der Waals surface area contributed by atoms with E-state index >= 15 is 0 Å². The highest BCUT2D eigenvalue weighted by Gasteiger charge is 2.31. The predicted octanol–water partition coefficient (Wildman–Crippen LogP) is 2.15. The predicted molar refractivity (Wildman–Crippen MR) is 111 cm³/mol. The summed E-state index contributed by atoms with van der Waals surface area (Å²) in [5.41, 5.74) is -0.0636. The van der Waals surface area contributed by atoms with Gasteiger partial charge >= 0.3 is 12.0 Å². The molecule has 1 aliphatic heterocycles. The minimum Gasteiger partial charge on any atom is -0.452 e. The van der Waals surface area contributed by atoms with Crippen LogP contribution in [0.1, 0.15) is 43.5 Å². The third-order valence-electron chi connectivity index (χ3n) is 4.53. The SMILES string of the molecule is CCCNC(=O)NC(=O)COC(=O)c1ccc(Cl)c(S(=O)(=O)N2CCCC(C)C2)c1. The Kier molecular flexibility index (Phi) is 8.63. The van der Waals surface area contributed by atoms with Gasteiger partial charge in [0.1, 0.15) is 4.90 Å². The molecule has 1 atom stereocenters. The third kappa shape index (κ3) is 6.41. The lowest BCUT2D eigenvalue weighted by Crippen LogP contribution is -2.41. The molecule has 0 aromatic heterocycles. The van der Waals surface area contributed by atoms with Crippen molar-refractivity contribution in [1.82, 2.24) is 14.9 Å². The van der Waals surface area contributed by atoms with Crippen molar-refractivity contribution in [3.05, 3.63) is 28.8 Å². The summed E-state index contributed by atoms with van der Waals surface area (Å²) in [6, 6.07) is 3.07. The lowest BCUT2D eigenvalue weighted by Gasteiger charge is -2.30. The van der Waals surface area contributed by atoms with Gasteiger partial charge < -0.3 is 10.1 Å². The summed E-state index contributed by atoms with van der Waals surface area (Å²) in [4.78, 5) is 35.2. The van der Waals surface area contributed by atoms with Crippen molar-refractivity contribution in [2.75, 3.05) is 26.2 Å².